The topological polar surface area (TPSA) is 76.1 Å². The maximum atomic E-state index is 12.4. The Balaban J connectivity index is 1.57. The number of aliphatic hydroxyl groups is 1. The van der Waals surface area contributed by atoms with Crippen LogP contribution < -0.4 is 0 Å². The van der Waals surface area contributed by atoms with Gasteiger partial charge in [-0.2, -0.15) is 0 Å². The van der Waals surface area contributed by atoms with Gasteiger partial charge in [0.2, 0.25) is 0 Å². The van der Waals surface area contributed by atoms with E-state index in [-0.39, 0.29) is 19.8 Å². The number of likely N-dealkylation sites (tertiary alicyclic amines) is 1. The zero-order valence-electron chi connectivity index (χ0n) is 14.3. The van der Waals surface area contributed by atoms with E-state index in [2.05, 4.69) is 0 Å². The van der Waals surface area contributed by atoms with Crippen molar-refractivity contribution in [3.8, 4) is 0 Å². The average Bonchev–Trinajstić information content (AvgIpc) is 3.07. The number of rotatable bonds is 5. The van der Waals surface area contributed by atoms with Crippen LogP contribution in [-0.4, -0.2) is 40.8 Å². The smallest absolute Gasteiger partial charge is 0.410 e. The molecule has 0 aliphatic carbocycles. The maximum Gasteiger partial charge on any atom is 0.410 e. The highest BCUT2D eigenvalue weighted by molar-refractivity contribution is 5.82. The maximum absolute atomic E-state index is 12.4. The van der Waals surface area contributed by atoms with Gasteiger partial charge in [-0.05, 0) is 17.5 Å². The van der Waals surface area contributed by atoms with E-state index in [4.69, 9.17) is 9.47 Å². The molecule has 0 unspecified atom stereocenters. The molecule has 1 heterocycles. The largest absolute Gasteiger partial charge is 0.459 e. The van der Waals surface area contributed by atoms with Crippen LogP contribution in [0.1, 0.15) is 17.5 Å². The number of hydrogen-bond donors (Lipinski definition) is 1. The monoisotopic (exact) mass is 355 g/mol. The highest BCUT2D eigenvalue weighted by Crippen LogP contribution is 2.21. The van der Waals surface area contributed by atoms with Crippen molar-refractivity contribution < 1.29 is 24.2 Å². The molecule has 0 bridgehead atoms. The van der Waals surface area contributed by atoms with Gasteiger partial charge in [0.1, 0.15) is 13.2 Å². The summed E-state index contributed by atoms with van der Waals surface area (Å²) in [5.74, 6) is -0.629. The second kappa shape index (κ2) is 8.49. The molecule has 0 aromatic heterocycles. The number of esters is 1. The van der Waals surface area contributed by atoms with Crippen molar-refractivity contribution in [1.82, 2.24) is 4.90 Å². The van der Waals surface area contributed by atoms with Crippen LogP contribution in [0, 0.1) is 0 Å². The zero-order valence-corrected chi connectivity index (χ0v) is 14.3. The van der Waals surface area contributed by atoms with Gasteiger partial charge in [-0.1, -0.05) is 60.7 Å². The van der Waals surface area contributed by atoms with Gasteiger partial charge in [-0.25, -0.2) is 9.59 Å². The Morgan fingerprint density at radius 2 is 1.46 bits per heavy atom. The number of amides is 1. The first-order valence-corrected chi connectivity index (χ1v) is 8.51. The van der Waals surface area contributed by atoms with E-state index in [1.165, 1.54) is 4.90 Å². The fourth-order valence-electron chi connectivity index (χ4n) is 2.88. The lowest BCUT2D eigenvalue weighted by Gasteiger charge is -2.24. The first-order chi connectivity index (χ1) is 12.6. The molecule has 0 spiro atoms. The van der Waals surface area contributed by atoms with E-state index < -0.39 is 24.2 Å². The van der Waals surface area contributed by atoms with E-state index in [1.807, 2.05) is 60.7 Å². The van der Waals surface area contributed by atoms with Gasteiger partial charge in [0.15, 0.2) is 6.04 Å². The molecule has 6 heteroatoms. The van der Waals surface area contributed by atoms with Gasteiger partial charge < -0.3 is 14.6 Å². The second-order valence-electron chi connectivity index (χ2n) is 6.13. The average molecular weight is 355 g/mol. The van der Waals surface area contributed by atoms with Crippen molar-refractivity contribution in [3.63, 3.8) is 0 Å². The molecular weight excluding hydrogens is 334 g/mol. The fraction of sp³-hybridized carbons (Fsp3) is 0.300. The van der Waals surface area contributed by atoms with Gasteiger partial charge in [-0.15, -0.1) is 0 Å². The number of carbonyl (C=O) groups is 2. The minimum Gasteiger partial charge on any atom is -0.459 e. The summed E-state index contributed by atoms with van der Waals surface area (Å²) in [6.45, 7) is 0.452. The van der Waals surface area contributed by atoms with Crippen LogP contribution in [0.4, 0.5) is 4.79 Å². The molecule has 6 nitrogen and oxygen atoms in total. The first-order valence-electron chi connectivity index (χ1n) is 8.51. The first kappa shape index (κ1) is 17.9. The van der Waals surface area contributed by atoms with Crippen LogP contribution >= 0.6 is 0 Å². The Labute approximate surface area is 152 Å². The quantitative estimate of drug-likeness (QED) is 0.834. The Morgan fingerprint density at radius 1 is 0.923 bits per heavy atom. The van der Waals surface area contributed by atoms with E-state index in [0.717, 1.165) is 11.1 Å². The molecule has 0 saturated carbocycles. The molecule has 0 radical (unpaired) electrons. The Hall–Kier alpha value is -2.86. The molecule has 2 atom stereocenters. The predicted octanol–water partition coefficient (Wildman–Crippen LogP) is 2.50. The lowest BCUT2D eigenvalue weighted by atomic mass is 10.2. The lowest BCUT2D eigenvalue weighted by molar-refractivity contribution is -0.152. The second-order valence-corrected chi connectivity index (χ2v) is 6.13. The fourth-order valence-corrected chi connectivity index (χ4v) is 2.88. The third kappa shape index (κ3) is 4.40. The van der Waals surface area contributed by atoms with Gasteiger partial charge in [-0.3, -0.25) is 4.90 Å². The molecule has 1 aliphatic heterocycles. The number of aliphatic hydroxyl groups excluding tert-OH is 1. The Bertz CT molecular complexity index is 734. The number of hydrogen-bond acceptors (Lipinski definition) is 5. The van der Waals surface area contributed by atoms with Crippen molar-refractivity contribution in [2.75, 3.05) is 6.54 Å². The molecule has 1 aliphatic rings. The van der Waals surface area contributed by atoms with Gasteiger partial charge in [0.05, 0.1) is 6.10 Å². The number of ether oxygens (including phenoxy) is 2. The summed E-state index contributed by atoms with van der Waals surface area (Å²) < 4.78 is 10.5. The van der Waals surface area contributed by atoms with Crippen molar-refractivity contribution >= 4 is 12.1 Å². The number of carbonyl (C=O) groups excluding carboxylic acids is 2. The Kier molecular flexibility index (Phi) is 5.86. The van der Waals surface area contributed by atoms with Crippen LogP contribution in [-0.2, 0) is 27.5 Å². The molecule has 26 heavy (non-hydrogen) atoms. The summed E-state index contributed by atoms with van der Waals surface area (Å²) in [5.41, 5.74) is 1.69. The van der Waals surface area contributed by atoms with Crippen molar-refractivity contribution in [2.45, 2.75) is 31.8 Å². The van der Waals surface area contributed by atoms with Crippen LogP contribution in [0.15, 0.2) is 60.7 Å². The van der Waals surface area contributed by atoms with Crippen molar-refractivity contribution in [1.29, 1.82) is 0 Å². The summed E-state index contributed by atoms with van der Waals surface area (Å²) in [6.07, 6.45) is -1.28. The highest BCUT2D eigenvalue weighted by atomic mass is 16.6. The van der Waals surface area contributed by atoms with E-state index >= 15 is 0 Å². The van der Waals surface area contributed by atoms with Crippen LogP contribution in [0.5, 0.6) is 0 Å². The molecule has 1 N–H and O–H groups in total. The number of nitrogens with zero attached hydrogens (tertiary/aromatic N) is 1. The van der Waals surface area contributed by atoms with Crippen LogP contribution in [0.3, 0.4) is 0 Å². The molecule has 1 amide bonds. The molecule has 136 valence electrons. The molecule has 2 aromatic carbocycles. The molecule has 3 rings (SSSR count). The molecule has 1 saturated heterocycles. The predicted molar refractivity (Wildman–Crippen MR) is 94.0 cm³/mol. The normalized spacial score (nSPS) is 19.2. The number of benzene rings is 2. The zero-order chi connectivity index (χ0) is 18.4. The summed E-state index contributed by atoms with van der Waals surface area (Å²) in [7, 11) is 0. The molecule has 2 aromatic rings. The third-order valence-electron chi connectivity index (χ3n) is 4.27. The summed E-state index contributed by atoms with van der Waals surface area (Å²) in [5, 5.41) is 10.1. The van der Waals surface area contributed by atoms with E-state index in [9.17, 15) is 14.7 Å². The van der Waals surface area contributed by atoms with Crippen molar-refractivity contribution in [2.24, 2.45) is 0 Å². The van der Waals surface area contributed by atoms with Gasteiger partial charge in [0.25, 0.3) is 0 Å². The van der Waals surface area contributed by atoms with Crippen LogP contribution in [0.25, 0.3) is 0 Å². The summed E-state index contributed by atoms with van der Waals surface area (Å²) in [4.78, 5) is 26.0. The van der Waals surface area contributed by atoms with E-state index in [1.54, 1.807) is 0 Å². The standard InChI is InChI=1S/C20H21NO5/c22-17-11-12-21(20(24)26-14-16-9-5-2-6-10-16)18(17)19(23)25-13-15-7-3-1-4-8-15/h1-10,17-18,22H,11-14H2/t17-,18-/m1/s1. The minimum absolute atomic E-state index is 0.0931. The van der Waals surface area contributed by atoms with Gasteiger partial charge >= 0.3 is 12.1 Å². The summed E-state index contributed by atoms with van der Waals surface area (Å²) in [6, 6.07) is 17.5. The van der Waals surface area contributed by atoms with Crippen LogP contribution in [0.2, 0.25) is 0 Å². The summed E-state index contributed by atoms with van der Waals surface area (Å²) >= 11 is 0. The van der Waals surface area contributed by atoms with Gasteiger partial charge in [0, 0.05) is 6.54 Å². The van der Waals surface area contributed by atoms with E-state index in [0.29, 0.717) is 6.42 Å². The SMILES string of the molecule is O=C(OCc1ccccc1)[C@H]1[C@H](O)CCN1C(=O)OCc1ccccc1. The Morgan fingerprint density at radius 3 is 2.04 bits per heavy atom. The van der Waals surface area contributed by atoms with Crippen molar-refractivity contribution in [3.05, 3.63) is 71.8 Å². The molecular formula is C20H21NO5. The molecule has 1 fully saturated rings. The minimum atomic E-state index is -1.04. The lowest BCUT2D eigenvalue weighted by Crippen LogP contribution is -2.46. The highest BCUT2D eigenvalue weighted by Gasteiger charge is 2.43. The third-order valence-corrected chi connectivity index (χ3v) is 4.27.